The van der Waals surface area contributed by atoms with Crippen LogP contribution in [0.5, 0.6) is 0 Å². The van der Waals surface area contributed by atoms with Gasteiger partial charge < -0.3 is 11.1 Å². The lowest BCUT2D eigenvalue weighted by Crippen LogP contribution is -2.29. The van der Waals surface area contributed by atoms with Gasteiger partial charge in [0.1, 0.15) is 11.5 Å². The largest absolute Gasteiger partial charge is 0.364 e. The van der Waals surface area contributed by atoms with E-state index >= 15 is 0 Å². The number of amides is 2. The summed E-state index contributed by atoms with van der Waals surface area (Å²) in [6, 6.07) is 5.40. The van der Waals surface area contributed by atoms with E-state index in [1.807, 2.05) is 37.0 Å². The van der Waals surface area contributed by atoms with Crippen LogP contribution in [-0.2, 0) is 18.9 Å². The van der Waals surface area contributed by atoms with Crippen molar-refractivity contribution in [3.63, 3.8) is 0 Å². The van der Waals surface area contributed by atoms with Crippen LogP contribution in [0.1, 0.15) is 72.6 Å². The normalized spacial score (nSPS) is 16.0. The lowest BCUT2D eigenvalue weighted by atomic mass is 9.79. The molecule has 34 heavy (non-hydrogen) atoms. The van der Waals surface area contributed by atoms with Crippen LogP contribution in [-0.4, -0.2) is 36.4 Å². The monoisotopic (exact) mass is 463 g/mol. The number of rotatable bonds is 6. The minimum Gasteiger partial charge on any atom is -0.364 e. The summed E-state index contributed by atoms with van der Waals surface area (Å²) in [5, 5.41) is 11.8. The van der Waals surface area contributed by atoms with Gasteiger partial charge in [-0.1, -0.05) is 32.1 Å². The molecule has 9 heteroatoms. The Kier molecular flexibility index (Phi) is 7.09. The van der Waals surface area contributed by atoms with E-state index in [4.69, 9.17) is 5.73 Å². The van der Waals surface area contributed by atoms with Crippen LogP contribution in [0.25, 0.3) is 11.3 Å². The van der Waals surface area contributed by atoms with Crippen LogP contribution < -0.4 is 11.1 Å². The topological polar surface area (TPSA) is 121 Å². The standard InChI is InChI=1S/C25H33N7O2/c1-16-14-28-32(3)23(16)18-11-12-21(27-15-18)29-25(34)22(17-9-7-5-4-6-8-10-17)19-13-20(24(26)33)31(2)30-19/h11-15,17,22H,4-10H2,1-3H3,(H2,26,33)(H,27,29,34). The van der Waals surface area contributed by atoms with Crippen molar-refractivity contribution in [2.75, 3.05) is 5.32 Å². The molecule has 0 aliphatic heterocycles. The highest BCUT2D eigenvalue weighted by atomic mass is 16.2. The average molecular weight is 464 g/mol. The van der Waals surface area contributed by atoms with Crippen molar-refractivity contribution in [1.82, 2.24) is 24.5 Å². The molecule has 1 atom stereocenters. The average Bonchev–Trinajstić information content (AvgIpc) is 3.32. The molecule has 0 spiro atoms. The van der Waals surface area contributed by atoms with E-state index in [1.54, 1.807) is 19.3 Å². The molecule has 1 aliphatic carbocycles. The van der Waals surface area contributed by atoms with Gasteiger partial charge in [0, 0.05) is 25.9 Å². The van der Waals surface area contributed by atoms with Crippen molar-refractivity contribution in [3.8, 4) is 11.3 Å². The van der Waals surface area contributed by atoms with Gasteiger partial charge in [-0.3, -0.25) is 19.0 Å². The molecule has 3 aromatic rings. The van der Waals surface area contributed by atoms with Gasteiger partial charge in [0.05, 0.1) is 23.5 Å². The number of pyridine rings is 1. The predicted molar refractivity (Wildman–Crippen MR) is 130 cm³/mol. The molecule has 1 unspecified atom stereocenters. The van der Waals surface area contributed by atoms with E-state index in [1.165, 1.54) is 23.9 Å². The fourth-order valence-electron chi connectivity index (χ4n) is 5.06. The number of nitrogens with one attached hydrogen (secondary N) is 1. The minimum absolute atomic E-state index is 0.146. The fourth-order valence-corrected chi connectivity index (χ4v) is 5.06. The first-order valence-electron chi connectivity index (χ1n) is 11.9. The first-order chi connectivity index (χ1) is 16.3. The predicted octanol–water partition coefficient (Wildman–Crippen LogP) is 3.71. The summed E-state index contributed by atoms with van der Waals surface area (Å²) in [6.07, 6.45) is 11.2. The molecular weight excluding hydrogens is 430 g/mol. The summed E-state index contributed by atoms with van der Waals surface area (Å²) >= 11 is 0. The Morgan fingerprint density at radius 1 is 1.06 bits per heavy atom. The summed E-state index contributed by atoms with van der Waals surface area (Å²) in [5.74, 6) is -0.557. The molecule has 3 aromatic heterocycles. The second kappa shape index (κ2) is 10.2. The number of nitrogens with two attached hydrogens (primary N) is 1. The van der Waals surface area contributed by atoms with Gasteiger partial charge in [0.2, 0.25) is 5.91 Å². The highest BCUT2D eigenvalue weighted by Crippen LogP contribution is 2.35. The third kappa shape index (κ3) is 5.03. The molecule has 0 bridgehead atoms. The molecule has 3 N–H and O–H groups in total. The third-order valence-electron chi connectivity index (χ3n) is 6.78. The number of nitrogens with zero attached hydrogens (tertiary/aromatic N) is 5. The zero-order chi connectivity index (χ0) is 24.2. The number of carbonyl (C=O) groups excluding carboxylic acids is 2. The molecule has 1 aliphatic rings. The second-order valence-electron chi connectivity index (χ2n) is 9.25. The summed E-state index contributed by atoms with van der Waals surface area (Å²) in [6.45, 7) is 2.00. The first kappa shape index (κ1) is 23.7. The highest BCUT2D eigenvalue weighted by Gasteiger charge is 2.33. The fraction of sp³-hybridized carbons (Fsp3) is 0.480. The van der Waals surface area contributed by atoms with Crippen LogP contribution in [0, 0.1) is 12.8 Å². The Morgan fingerprint density at radius 3 is 2.32 bits per heavy atom. The van der Waals surface area contributed by atoms with Crippen LogP contribution >= 0.6 is 0 Å². The summed E-state index contributed by atoms with van der Waals surface area (Å²) in [5.41, 5.74) is 9.38. The zero-order valence-electron chi connectivity index (χ0n) is 20.1. The third-order valence-corrected chi connectivity index (χ3v) is 6.78. The van der Waals surface area contributed by atoms with Gasteiger partial charge in [-0.2, -0.15) is 10.2 Å². The summed E-state index contributed by atoms with van der Waals surface area (Å²) < 4.78 is 3.27. The van der Waals surface area contributed by atoms with Gasteiger partial charge in [-0.05, 0) is 49.4 Å². The smallest absolute Gasteiger partial charge is 0.266 e. The van der Waals surface area contributed by atoms with Crippen molar-refractivity contribution < 1.29 is 9.59 Å². The van der Waals surface area contributed by atoms with E-state index in [2.05, 4.69) is 20.5 Å². The molecule has 4 rings (SSSR count). The van der Waals surface area contributed by atoms with Gasteiger partial charge in [0.25, 0.3) is 5.91 Å². The second-order valence-corrected chi connectivity index (χ2v) is 9.25. The minimum atomic E-state index is -0.555. The van der Waals surface area contributed by atoms with Crippen LogP contribution in [0.4, 0.5) is 5.82 Å². The number of primary amides is 1. The zero-order valence-corrected chi connectivity index (χ0v) is 20.1. The summed E-state index contributed by atoms with van der Waals surface area (Å²) in [4.78, 5) is 29.9. The van der Waals surface area contributed by atoms with Crippen molar-refractivity contribution in [1.29, 1.82) is 0 Å². The molecule has 3 heterocycles. The van der Waals surface area contributed by atoms with Gasteiger partial charge in [0.15, 0.2) is 0 Å². The Hall–Kier alpha value is -3.49. The van der Waals surface area contributed by atoms with E-state index in [0.29, 0.717) is 17.2 Å². The van der Waals surface area contributed by atoms with Crippen molar-refractivity contribution in [3.05, 3.63) is 47.5 Å². The molecule has 9 nitrogen and oxygen atoms in total. The molecule has 1 fully saturated rings. The van der Waals surface area contributed by atoms with E-state index in [0.717, 1.165) is 42.5 Å². The first-order valence-corrected chi connectivity index (χ1v) is 11.9. The maximum atomic E-state index is 13.6. The molecule has 180 valence electrons. The van der Waals surface area contributed by atoms with Crippen molar-refractivity contribution >= 4 is 17.6 Å². The Bertz CT molecular complexity index is 1140. The van der Waals surface area contributed by atoms with Gasteiger partial charge in [-0.25, -0.2) is 4.98 Å². The van der Waals surface area contributed by atoms with Crippen LogP contribution in [0.15, 0.2) is 30.6 Å². The molecule has 2 amide bonds. The molecular formula is C25H33N7O2. The lowest BCUT2D eigenvalue weighted by molar-refractivity contribution is -0.119. The Morgan fingerprint density at radius 2 is 1.76 bits per heavy atom. The number of aromatic nitrogens is 5. The van der Waals surface area contributed by atoms with E-state index in [-0.39, 0.29) is 11.8 Å². The number of hydrogen-bond donors (Lipinski definition) is 2. The number of hydrogen-bond acceptors (Lipinski definition) is 5. The van der Waals surface area contributed by atoms with Gasteiger partial charge in [-0.15, -0.1) is 0 Å². The maximum Gasteiger partial charge on any atom is 0.266 e. The van der Waals surface area contributed by atoms with E-state index < -0.39 is 11.8 Å². The quantitative estimate of drug-likeness (QED) is 0.577. The molecule has 1 saturated carbocycles. The SMILES string of the molecule is Cc1cnn(C)c1-c1ccc(NC(=O)C(c2cc(C(N)=O)n(C)n2)C2CCCCCCC2)nc1. The molecule has 0 aromatic carbocycles. The molecule has 0 radical (unpaired) electrons. The number of aryl methyl sites for hydroxylation is 3. The van der Waals surface area contributed by atoms with Crippen LogP contribution in [0.3, 0.4) is 0 Å². The van der Waals surface area contributed by atoms with E-state index in [9.17, 15) is 9.59 Å². The lowest BCUT2D eigenvalue weighted by Gasteiger charge is -2.26. The highest BCUT2D eigenvalue weighted by molar-refractivity contribution is 5.96. The summed E-state index contributed by atoms with van der Waals surface area (Å²) in [7, 11) is 3.57. The molecule has 0 saturated heterocycles. The Balaban J connectivity index is 1.60. The number of carbonyl (C=O) groups is 2. The van der Waals surface area contributed by atoms with Gasteiger partial charge >= 0.3 is 0 Å². The maximum absolute atomic E-state index is 13.6. The van der Waals surface area contributed by atoms with Crippen molar-refractivity contribution in [2.24, 2.45) is 25.7 Å². The Labute approximate surface area is 199 Å². The number of anilines is 1. The van der Waals surface area contributed by atoms with Crippen molar-refractivity contribution in [2.45, 2.75) is 57.8 Å². The van der Waals surface area contributed by atoms with Crippen LogP contribution in [0.2, 0.25) is 0 Å².